The maximum absolute atomic E-state index is 11.5. The van der Waals surface area contributed by atoms with Crippen molar-refractivity contribution < 1.29 is 9.53 Å². The molecule has 0 amide bonds. The summed E-state index contributed by atoms with van der Waals surface area (Å²) in [7, 11) is 0. The summed E-state index contributed by atoms with van der Waals surface area (Å²) in [6.07, 6.45) is 3.41. The van der Waals surface area contributed by atoms with Crippen LogP contribution >= 0.6 is 0 Å². The molecule has 0 atom stereocenters. The van der Waals surface area contributed by atoms with Gasteiger partial charge in [-0.25, -0.2) is 9.78 Å². The summed E-state index contributed by atoms with van der Waals surface area (Å²) in [6.45, 7) is 1.95. The van der Waals surface area contributed by atoms with Gasteiger partial charge in [0.05, 0.1) is 6.61 Å². The molecule has 0 aromatic carbocycles. The van der Waals surface area contributed by atoms with Gasteiger partial charge in [0, 0.05) is 12.1 Å². The quantitative estimate of drug-likeness (QED) is 0.746. The van der Waals surface area contributed by atoms with Gasteiger partial charge in [-0.05, 0) is 19.8 Å². The van der Waals surface area contributed by atoms with Crippen molar-refractivity contribution in [1.29, 1.82) is 0 Å². The van der Waals surface area contributed by atoms with Gasteiger partial charge in [0.1, 0.15) is 11.4 Å². The van der Waals surface area contributed by atoms with E-state index in [0.29, 0.717) is 11.7 Å². The van der Waals surface area contributed by atoms with E-state index in [0.717, 1.165) is 12.8 Å². The normalized spacial score (nSPS) is 15.0. The second-order valence-corrected chi connectivity index (χ2v) is 3.51. The maximum Gasteiger partial charge on any atom is 0.345 e. The molecule has 1 saturated carbocycles. The van der Waals surface area contributed by atoms with Crippen molar-refractivity contribution in [3.8, 4) is 0 Å². The number of nitrogens with zero attached hydrogens (tertiary/aromatic N) is 1. The SMILES string of the molecule is CCOC(=O)c1cnc(C2CC2)[nH]c1=O. The van der Waals surface area contributed by atoms with Crippen molar-refractivity contribution in [3.05, 3.63) is 27.9 Å². The van der Waals surface area contributed by atoms with Gasteiger partial charge >= 0.3 is 5.97 Å². The first-order valence-corrected chi connectivity index (χ1v) is 4.98. The molecule has 1 aromatic heterocycles. The molecule has 5 nitrogen and oxygen atoms in total. The third-order valence-corrected chi connectivity index (χ3v) is 2.28. The molecule has 0 spiro atoms. The summed E-state index contributed by atoms with van der Waals surface area (Å²) >= 11 is 0. The number of hydrogen-bond acceptors (Lipinski definition) is 4. The van der Waals surface area contributed by atoms with Gasteiger partial charge in [-0.15, -0.1) is 0 Å². The first-order valence-electron chi connectivity index (χ1n) is 4.98. The predicted octanol–water partition coefficient (Wildman–Crippen LogP) is 0.824. The zero-order chi connectivity index (χ0) is 10.8. The molecule has 1 heterocycles. The lowest BCUT2D eigenvalue weighted by atomic mass is 10.3. The summed E-state index contributed by atoms with van der Waals surface area (Å²) in [4.78, 5) is 29.4. The van der Waals surface area contributed by atoms with Crippen molar-refractivity contribution in [3.63, 3.8) is 0 Å². The molecule has 2 rings (SSSR count). The molecular weight excluding hydrogens is 196 g/mol. The molecule has 5 heteroatoms. The van der Waals surface area contributed by atoms with Crippen LogP contribution in [0.4, 0.5) is 0 Å². The minimum Gasteiger partial charge on any atom is -0.462 e. The highest BCUT2D eigenvalue weighted by Crippen LogP contribution is 2.37. The Kier molecular flexibility index (Phi) is 2.53. The van der Waals surface area contributed by atoms with E-state index in [1.807, 2.05) is 0 Å². The van der Waals surface area contributed by atoms with Crippen molar-refractivity contribution in [1.82, 2.24) is 9.97 Å². The third kappa shape index (κ3) is 2.06. The largest absolute Gasteiger partial charge is 0.462 e. The molecule has 0 saturated heterocycles. The first kappa shape index (κ1) is 9.89. The van der Waals surface area contributed by atoms with E-state index in [1.54, 1.807) is 6.92 Å². The van der Waals surface area contributed by atoms with E-state index < -0.39 is 11.5 Å². The Bertz CT molecular complexity index is 435. The van der Waals surface area contributed by atoms with Crippen LogP contribution in [-0.2, 0) is 4.74 Å². The highest BCUT2D eigenvalue weighted by Gasteiger charge is 2.26. The standard InChI is InChI=1S/C10H12N2O3/c1-2-15-10(14)7-5-11-8(6-3-4-6)12-9(7)13/h5-6H,2-4H2,1H3,(H,11,12,13). The monoisotopic (exact) mass is 208 g/mol. The maximum atomic E-state index is 11.5. The molecule has 1 fully saturated rings. The fourth-order valence-corrected chi connectivity index (χ4v) is 1.33. The zero-order valence-corrected chi connectivity index (χ0v) is 8.45. The molecule has 80 valence electrons. The van der Waals surface area contributed by atoms with Crippen molar-refractivity contribution in [2.75, 3.05) is 6.61 Å². The number of nitrogens with one attached hydrogen (secondary N) is 1. The Morgan fingerprint density at radius 3 is 2.93 bits per heavy atom. The van der Waals surface area contributed by atoms with E-state index in [2.05, 4.69) is 9.97 Å². The Morgan fingerprint density at radius 1 is 1.67 bits per heavy atom. The van der Waals surface area contributed by atoms with Crippen LogP contribution in [0.15, 0.2) is 11.0 Å². The van der Waals surface area contributed by atoms with Crippen LogP contribution in [0.1, 0.15) is 41.9 Å². The Morgan fingerprint density at radius 2 is 2.40 bits per heavy atom. The third-order valence-electron chi connectivity index (χ3n) is 2.28. The summed E-state index contributed by atoms with van der Waals surface area (Å²) < 4.78 is 4.73. The summed E-state index contributed by atoms with van der Waals surface area (Å²) in [5.41, 5.74) is -0.438. The predicted molar refractivity (Wildman–Crippen MR) is 52.8 cm³/mol. The number of aromatic nitrogens is 2. The Labute approximate surface area is 86.5 Å². The minimum absolute atomic E-state index is 0.0266. The molecule has 1 aromatic rings. The van der Waals surface area contributed by atoms with E-state index in [4.69, 9.17) is 4.74 Å². The average Bonchev–Trinajstić information content (AvgIpc) is 3.01. The number of H-pyrrole nitrogens is 1. The van der Waals surface area contributed by atoms with Crippen LogP contribution in [0.2, 0.25) is 0 Å². The topological polar surface area (TPSA) is 72.0 Å². The molecular formula is C10H12N2O3. The van der Waals surface area contributed by atoms with E-state index in [1.165, 1.54) is 6.20 Å². The van der Waals surface area contributed by atoms with Gasteiger partial charge in [-0.3, -0.25) is 4.79 Å². The van der Waals surface area contributed by atoms with Crippen LogP contribution < -0.4 is 5.56 Å². The van der Waals surface area contributed by atoms with Crippen LogP contribution in [0.25, 0.3) is 0 Å². The lowest BCUT2D eigenvalue weighted by Crippen LogP contribution is -2.21. The highest BCUT2D eigenvalue weighted by atomic mass is 16.5. The molecule has 0 aliphatic heterocycles. The van der Waals surface area contributed by atoms with Gasteiger partial charge in [0.25, 0.3) is 5.56 Å². The fraction of sp³-hybridized carbons (Fsp3) is 0.500. The van der Waals surface area contributed by atoms with Gasteiger partial charge in [-0.2, -0.15) is 0 Å². The van der Waals surface area contributed by atoms with Crippen molar-refractivity contribution in [2.24, 2.45) is 0 Å². The fourth-order valence-electron chi connectivity index (χ4n) is 1.33. The number of aromatic amines is 1. The van der Waals surface area contributed by atoms with Crippen LogP contribution in [-0.4, -0.2) is 22.5 Å². The smallest absolute Gasteiger partial charge is 0.345 e. The summed E-state index contributed by atoms with van der Waals surface area (Å²) in [5, 5.41) is 0. The number of rotatable bonds is 3. The average molecular weight is 208 g/mol. The Hall–Kier alpha value is -1.65. The van der Waals surface area contributed by atoms with Gasteiger partial charge in [0.2, 0.25) is 0 Å². The summed E-state index contributed by atoms with van der Waals surface area (Å²) in [5.74, 6) is 0.426. The van der Waals surface area contributed by atoms with Gasteiger partial charge in [0.15, 0.2) is 0 Å². The van der Waals surface area contributed by atoms with Gasteiger partial charge < -0.3 is 9.72 Å². The van der Waals surface area contributed by atoms with E-state index >= 15 is 0 Å². The van der Waals surface area contributed by atoms with E-state index in [-0.39, 0.29) is 12.2 Å². The lowest BCUT2D eigenvalue weighted by molar-refractivity contribution is 0.0523. The molecule has 15 heavy (non-hydrogen) atoms. The van der Waals surface area contributed by atoms with Crippen LogP contribution in [0, 0.1) is 0 Å². The van der Waals surface area contributed by atoms with E-state index in [9.17, 15) is 9.59 Å². The molecule has 0 unspecified atom stereocenters. The highest BCUT2D eigenvalue weighted by molar-refractivity contribution is 5.88. The number of carbonyl (C=O) groups excluding carboxylic acids is 1. The molecule has 1 N–H and O–H groups in total. The lowest BCUT2D eigenvalue weighted by Gasteiger charge is -2.01. The number of esters is 1. The minimum atomic E-state index is -0.617. The molecule has 0 bridgehead atoms. The van der Waals surface area contributed by atoms with Crippen molar-refractivity contribution >= 4 is 5.97 Å². The van der Waals surface area contributed by atoms with Crippen LogP contribution in [0.3, 0.4) is 0 Å². The first-order chi connectivity index (χ1) is 7.22. The number of carbonyl (C=O) groups is 1. The Balaban J connectivity index is 2.26. The number of hydrogen-bond donors (Lipinski definition) is 1. The summed E-state index contributed by atoms with van der Waals surface area (Å²) in [6, 6.07) is 0. The van der Waals surface area contributed by atoms with Crippen LogP contribution in [0.5, 0.6) is 0 Å². The zero-order valence-electron chi connectivity index (χ0n) is 8.45. The van der Waals surface area contributed by atoms with Gasteiger partial charge in [-0.1, -0.05) is 0 Å². The molecule has 1 aliphatic rings. The second-order valence-electron chi connectivity index (χ2n) is 3.51. The van der Waals surface area contributed by atoms with Crippen molar-refractivity contribution in [2.45, 2.75) is 25.7 Å². The molecule has 1 aliphatic carbocycles. The second kappa shape index (κ2) is 3.84. The molecule has 0 radical (unpaired) electrons. The number of ether oxygens (including phenoxy) is 1.